The molecule has 1 radical (unpaired) electrons. The summed E-state index contributed by atoms with van der Waals surface area (Å²) in [5.74, 6) is 0. The molecule has 0 aromatic rings. The summed E-state index contributed by atoms with van der Waals surface area (Å²) in [5.41, 5.74) is 0. The van der Waals surface area contributed by atoms with Gasteiger partial charge in [0.15, 0.2) is 0 Å². The Morgan fingerprint density at radius 2 is 1.40 bits per heavy atom. The summed E-state index contributed by atoms with van der Waals surface area (Å²) in [4.78, 5) is 0. The first-order valence-corrected chi connectivity index (χ1v) is 6.52. The van der Waals surface area contributed by atoms with Crippen molar-refractivity contribution in [3.05, 3.63) is 31.2 Å². The number of rotatable bonds is 10. The lowest BCUT2D eigenvalue weighted by Gasteiger charge is -1.93. The van der Waals surface area contributed by atoms with Gasteiger partial charge in [0.05, 0.1) is 0 Å². The number of allylic oxidation sites excluding steroid dienone is 4. The minimum atomic E-state index is 1.07. The van der Waals surface area contributed by atoms with E-state index in [1.165, 1.54) is 51.4 Å². The molecule has 0 atom stereocenters. The smallest absolute Gasteiger partial charge is 0.0348 e. The van der Waals surface area contributed by atoms with E-state index in [4.69, 9.17) is 0 Å². The van der Waals surface area contributed by atoms with Crippen LogP contribution in [0.25, 0.3) is 0 Å². The maximum absolute atomic E-state index is 3.83. The van der Waals surface area contributed by atoms with Crippen LogP contribution in [0.3, 0.4) is 0 Å². The van der Waals surface area contributed by atoms with E-state index in [0.717, 1.165) is 6.42 Å². The maximum Gasteiger partial charge on any atom is -0.0348 e. The first kappa shape index (κ1) is 14.5. The average molecular weight is 207 g/mol. The quantitative estimate of drug-likeness (QED) is 0.329. The predicted molar refractivity (Wildman–Crippen MR) is 70.9 cm³/mol. The molecule has 0 spiro atoms. The first-order chi connectivity index (χ1) is 7.41. The molecule has 87 valence electrons. The van der Waals surface area contributed by atoms with Crippen molar-refractivity contribution >= 4 is 0 Å². The number of hydrogen-bond donors (Lipinski definition) is 0. The fourth-order valence-electron chi connectivity index (χ4n) is 1.48. The van der Waals surface area contributed by atoms with Crippen LogP contribution in [0.2, 0.25) is 0 Å². The third kappa shape index (κ3) is 13.5. The van der Waals surface area contributed by atoms with Crippen LogP contribution >= 0.6 is 0 Å². The molecule has 0 amide bonds. The van der Waals surface area contributed by atoms with Crippen molar-refractivity contribution in [3.63, 3.8) is 0 Å². The topological polar surface area (TPSA) is 0 Å². The second-order valence-electron chi connectivity index (χ2n) is 4.05. The SMILES string of the molecule is [CH2]CCCC/C=C/C=C/CCCCCC. The molecule has 0 aliphatic rings. The highest BCUT2D eigenvalue weighted by atomic mass is 13.9. The molecule has 0 nitrogen and oxygen atoms in total. The molecule has 0 aromatic carbocycles. The van der Waals surface area contributed by atoms with E-state index in [1.807, 2.05) is 0 Å². The molecule has 0 fully saturated rings. The molecule has 0 saturated carbocycles. The summed E-state index contributed by atoms with van der Waals surface area (Å²) in [6, 6.07) is 0. The van der Waals surface area contributed by atoms with Crippen LogP contribution in [0.1, 0.15) is 64.7 Å². The van der Waals surface area contributed by atoms with Crippen molar-refractivity contribution in [2.24, 2.45) is 0 Å². The van der Waals surface area contributed by atoms with Crippen molar-refractivity contribution in [1.82, 2.24) is 0 Å². The van der Waals surface area contributed by atoms with Crippen LogP contribution in [0.15, 0.2) is 24.3 Å². The number of unbranched alkanes of at least 4 members (excludes halogenated alkanes) is 7. The summed E-state index contributed by atoms with van der Waals surface area (Å²) in [7, 11) is 0. The highest BCUT2D eigenvalue weighted by Gasteiger charge is 1.83. The van der Waals surface area contributed by atoms with Gasteiger partial charge in [0, 0.05) is 0 Å². The van der Waals surface area contributed by atoms with Crippen LogP contribution in [0.5, 0.6) is 0 Å². The fraction of sp³-hybridized carbons (Fsp3) is 0.667. The minimum Gasteiger partial charge on any atom is -0.0845 e. The Morgan fingerprint density at radius 3 is 1.93 bits per heavy atom. The summed E-state index contributed by atoms with van der Waals surface area (Å²) in [6.07, 6.45) is 20.4. The Labute approximate surface area is 96.5 Å². The Morgan fingerprint density at radius 1 is 0.800 bits per heavy atom. The van der Waals surface area contributed by atoms with Gasteiger partial charge in [0.2, 0.25) is 0 Å². The van der Waals surface area contributed by atoms with E-state index < -0.39 is 0 Å². The second-order valence-corrected chi connectivity index (χ2v) is 4.05. The van der Waals surface area contributed by atoms with Gasteiger partial charge < -0.3 is 0 Å². The molecule has 0 N–H and O–H groups in total. The summed E-state index contributed by atoms with van der Waals surface area (Å²) in [6.45, 7) is 6.08. The fourth-order valence-corrected chi connectivity index (χ4v) is 1.48. The Kier molecular flexibility index (Phi) is 13.0. The van der Waals surface area contributed by atoms with Gasteiger partial charge in [-0.2, -0.15) is 0 Å². The van der Waals surface area contributed by atoms with Crippen molar-refractivity contribution in [2.45, 2.75) is 64.7 Å². The van der Waals surface area contributed by atoms with Gasteiger partial charge in [0.1, 0.15) is 0 Å². The lowest BCUT2D eigenvalue weighted by molar-refractivity contribution is 0.674. The summed E-state index contributed by atoms with van der Waals surface area (Å²) >= 11 is 0. The second kappa shape index (κ2) is 13.5. The molecule has 0 heterocycles. The zero-order chi connectivity index (χ0) is 11.2. The highest BCUT2D eigenvalue weighted by Crippen LogP contribution is 2.03. The van der Waals surface area contributed by atoms with Gasteiger partial charge in [-0.1, -0.05) is 70.3 Å². The van der Waals surface area contributed by atoms with Crippen LogP contribution < -0.4 is 0 Å². The van der Waals surface area contributed by atoms with Gasteiger partial charge in [-0.3, -0.25) is 0 Å². The Bertz CT molecular complexity index is 153. The van der Waals surface area contributed by atoms with E-state index in [2.05, 4.69) is 38.2 Å². The van der Waals surface area contributed by atoms with Crippen LogP contribution in [0, 0.1) is 6.92 Å². The zero-order valence-electron chi connectivity index (χ0n) is 10.4. The zero-order valence-corrected chi connectivity index (χ0v) is 10.4. The highest BCUT2D eigenvalue weighted by molar-refractivity contribution is 5.02. The van der Waals surface area contributed by atoms with Crippen LogP contribution in [-0.4, -0.2) is 0 Å². The lowest BCUT2D eigenvalue weighted by Crippen LogP contribution is -1.73. The first-order valence-electron chi connectivity index (χ1n) is 6.52. The molecule has 15 heavy (non-hydrogen) atoms. The summed E-state index contributed by atoms with van der Waals surface area (Å²) < 4.78 is 0. The van der Waals surface area contributed by atoms with E-state index in [1.54, 1.807) is 0 Å². The predicted octanol–water partition coefficient (Wildman–Crippen LogP) is 5.46. The van der Waals surface area contributed by atoms with Gasteiger partial charge >= 0.3 is 0 Å². The molecule has 0 aromatic heterocycles. The van der Waals surface area contributed by atoms with Crippen molar-refractivity contribution in [3.8, 4) is 0 Å². The Hall–Kier alpha value is -0.520. The van der Waals surface area contributed by atoms with E-state index in [-0.39, 0.29) is 0 Å². The maximum atomic E-state index is 3.83. The van der Waals surface area contributed by atoms with Crippen molar-refractivity contribution in [1.29, 1.82) is 0 Å². The summed E-state index contributed by atoms with van der Waals surface area (Å²) in [5, 5.41) is 0. The third-order valence-electron chi connectivity index (χ3n) is 2.48. The molecule has 0 unspecified atom stereocenters. The normalized spacial score (nSPS) is 11.9. The van der Waals surface area contributed by atoms with Gasteiger partial charge in [0.25, 0.3) is 0 Å². The van der Waals surface area contributed by atoms with Gasteiger partial charge in [-0.05, 0) is 25.7 Å². The van der Waals surface area contributed by atoms with Crippen molar-refractivity contribution in [2.75, 3.05) is 0 Å². The molecule has 0 aliphatic heterocycles. The number of hydrogen-bond acceptors (Lipinski definition) is 0. The minimum absolute atomic E-state index is 1.07. The van der Waals surface area contributed by atoms with Gasteiger partial charge in [-0.15, -0.1) is 0 Å². The molecule has 0 saturated heterocycles. The molecular formula is C15H27. The van der Waals surface area contributed by atoms with E-state index in [9.17, 15) is 0 Å². The van der Waals surface area contributed by atoms with E-state index >= 15 is 0 Å². The monoisotopic (exact) mass is 207 g/mol. The molecule has 0 bridgehead atoms. The molecule has 0 rings (SSSR count). The molecule has 0 heteroatoms. The van der Waals surface area contributed by atoms with Crippen molar-refractivity contribution < 1.29 is 0 Å². The largest absolute Gasteiger partial charge is 0.0845 e. The average Bonchev–Trinajstić information content (AvgIpc) is 2.26. The van der Waals surface area contributed by atoms with E-state index in [0.29, 0.717) is 0 Å². The molecular weight excluding hydrogens is 180 g/mol. The Balaban J connectivity index is 3.15. The van der Waals surface area contributed by atoms with Gasteiger partial charge in [-0.25, -0.2) is 0 Å². The molecule has 0 aliphatic carbocycles. The van der Waals surface area contributed by atoms with Crippen LogP contribution in [-0.2, 0) is 0 Å². The lowest BCUT2D eigenvalue weighted by atomic mass is 10.1. The standard InChI is InChI=1S/C15H27/c1-3-5-7-9-11-13-15-14-12-10-8-6-4-2/h11,13-15H,1,3-10,12H2,2H3/b13-11+,15-14+. The third-order valence-corrected chi connectivity index (χ3v) is 2.48. The van der Waals surface area contributed by atoms with Crippen LogP contribution in [0.4, 0.5) is 0 Å².